The maximum atomic E-state index is 11.6. The highest BCUT2D eigenvalue weighted by molar-refractivity contribution is 5.87. The Morgan fingerprint density at radius 1 is 1.00 bits per heavy atom. The van der Waals surface area contributed by atoms with E-state index in [0.717, 1.165) is 0 Å². The van der Waals surface area contributed by atoms with Crippen molar-refractivity contribution in [1.82, 2.24) is 0 Å². The van der Waals surface area contributed by atoms with Crippen molar-refractivity contribution in [2.45, 2.75) is 51.5 Å². The third-order valence-electron chi connectivity index (χ3n) is 2.68. The van der Waals surface area contributed by atoms with Crippen molar-refractivity contribution in [2.24, 2.45) is 5.92 Å². The molecule has 0 rings (SSSR count). The van der Waals surface area contributed by atoms with E-state index < -0.39 is 49.7 Å². The maximum absolute atomic E-state index is 11.6. The van der Waals surface area contributed by atoms with Gasteiger partial charge in [0, 0.05) is 0 Å². The van der Waals surface area contributed by atoms with E-state index >= 15 is 0 Å². The largest absolute Gasteiger partial charge is 0.394 e. The molecule has 8 heteroatoms. The molecule has 21 heavy (non-hydrogen) atoms. The molecule has 0 spiro atoms. The molecule has 0 heterocycles. The molecular formula is C13H26O8. The highest BCUT2D eigenvalue weighted by Crippen LogP contribution is 2.06. The van der Waals surface area contributed by atoms with Crippen LogP contribution in [0.5, 0.6) is 0 Å². The summed E-state index contributed by atoms with van der Waals surface area (Å²) in [6.07, 6.45) is -7.89. The van der Waals surface area contributed by atoms with Crippen molar-refractivity contribution in [3.8, 4) is 0 Å². The zero-order chi connectivity index (χ0) is 16.6. The molecule has 0 aliphatic carbocycles. The Hall–Kier alpha value is -0.610. The Morgan fingerprint density at radius 3 is 2.00 bits per heavy atom. The quantitative estimate of drug-likeness (QED) is 0.277. The predicted molar refractivity (Wildman–Crippen MR) is 72.3 cm³/mol. The summed E-state index contributed by atoms with van der Waals surface area (Å²) in [4.78, 5) is 11.6. The first-order valence-corrected chi connectivity index (χ1v) is 6.80. The highest BCUT2D eigenvalue weighted by atomic mass is 16.7. The summed E-state index contributed by atoms with van der Waals surface area (Å²) in [5.41, 5.74) is 0. The van der Waals surface area contributed by atoms with Gasteiger partial charge in [-0.05, 0) is 12.8 Å². The van der Waals surface area contributed by atoms with Crippen molar-refractivity contribution < 1.29 is 39.8 Å². The number of ether oxygens (including phenoxy) is 2. The van der Waals surface area contributed by atoms with Crippen molar-refractivity contribution in [3.63, 3.8) is 0 Å². The second-order valence-electron chi connectivity index (χ2n) is 5.23. The van der Waals surface area contributed by atoms with Crippen LogP contribution in [0.1, 0.15) is 20.8 Å². The third-order valence-corrected chi connectivity index (χ3v) is 2.68. The van der Waals surface area contributed by atoms with E-state index in [0.29, 0.717) is 12.5 Å². The molecule has 0 aromatic heterocycles. The van der Waals surface area contributed by atoms with Crippen molar-refractivity contribution in [3.05, 3.63) is 0 Å². The molecule has 0 radical (unpaired) electrons. The molecule has 8 nitrogen and oxygen atoms in total. The lowest BCUT2D eigenvalue weighted by atomic mass is 10.0. The van der Waals surface area contributed by atoms with Gasteiger partial charge in [-0.2, -0.15) is 0 Å². The van der Waals surface area contributed by atoms with Gasteiger partial charge in [0.05, 0.1) is 19.8 Å². The number of aliphatic hydroxyl groups excluding tert-OH is 5. The molecule has 0 aliphatic heterocycles. The Balaban J connectivity index is 4.20. The minimum absolute atomic E-state index is 0.305. The van der Waals surface area contributed by atoms with Crippen LogP contribution in [0.15, 0.2) is 0 Å². The molecule has 0 aromatic carbocycles. The van der Waals surface area contributed by atoms with Gasteiger partial charge in [-0.1, -0.05) is 13.8 Å². The van der Waals surface area contributed by atoms with E-state index in [-0.39, 0.29) is 0 Å². The second kappa shape index (κ2) is 10.2. The van der Waals surface area contributed by atoms with Crippen LogP contribution < -0.4 is 0 Å². The fourth-order valence-electron chi connectivity index (χ4n) is 1.37. The van der Waals surface area contributed by atoms with E-state index in [2.05, 4.69) is 0 Å². The Labute approximate surface area is 123 Å². The number of rotatable bonds is 11. The lowest BCUT2D eigenvalue weighted by Crippen LogP contribution is -2.48. The van der Waals surface area contributed by atoms with Crippen LogP contribution >= 0.6 is 0 Å². The molecule has 0 bridgehead atoms. The first kappa shape index (κ1) is 20.4. The Bertz CT molecular complexity index is 296. The molecule has 5 atom stereocenters. The van der Waals surface area contributed by atoms with Crippen molar-refractivity contribution >= 4 is 5.78 Å². The average molecular weight is 310 g/mol. The normalized spacial score (nSPS) is 19.1. The third kappa shape index (κ3) is 7.82. The van der Waals surface area contributed by atoms with Gasteiger partial charge < -0.3 is 35.0 Å². The van der Waals surface area contributed by atoms with E-state index in [9.17, 15) is 20.1 Å². The van der Waals surface area contributed by atoms with Gasteiger partial charge in [-0.25, -0.2) is 0 Å². The monoisotopic (exact) mass is 310 g/mol. The maximum Gasteiger partial charge on any atom is 0.194 e. The fourth-order valence-corrected chi connectivity index (χ4v) is 1.37. The first-order chi connectivity index (χ1) is 9.70. The number of carbonyl (C=O) groups is 1. The number of hydrogen-bond acceptors (Lipinski definition) is 8. The van der Waals surface area contributed by atoms with Crippen LogP contribution in [0.3, 0.4) is 0 Å². The summed E-state index contributed by atoms with van der Waals surface area (Å²) in [6, 6.07) is 0. The fraction of sp³-hybridized carbons (Fsp3) is 0.923. The van der Waals surface area contributed by atoms with Gasteiger partial charge in [-0.15, -0.1) is 0 Å². The number of hydrogen-bond donors (Lipinski definition) is 5. The summed E-state index contributed by atoms with van der Waals surface area (Å²) >= 11 is 0. The van der Waals surface area contributed by atoms with Crippen LogP contribution in [0.2, 0.25) is 0 Å². The summed E-state index contributed by atoms with van der Waals surface area (Å²) in [7, 11) is 0. The zero-order valence-electron chi connectivity index (χ0n) is 12.5. The zero-order valence-corrected chi connectivity index (χ0v) is 12.5. The number of carbonyl (C=O) groups excluding carboxylic acids is 1. The number of ketones is 1. The Morgan fingerprint density at radius 2 is 1.52 bits per heavy atom. The van der Waals surface area contributed by atoms with Gasteiger partial charge >= 0.3 is 0 Å². The molecule has 5 N–H and O–H groups in total. The standard InChI is InChI=1S/C13H26O8/c1-7(2)5-20-8(3)21-6-10(16)12(18)13(19)11(17)9(15)4-14/h7-11,13-17,19H,4-6H2,1-3H3. The second-order valence-corrected chi connectivity index (χ2v) is 5.23. The van der Waals surface area contributed by atoms with Crippen LogP contribution in [-0.4, -0.2) is 81.8 Å². The average Bonchev–Trinajstić information content (AvgIpc) is 2.47. The molecule has 0 aliphatic rings. The molecular weight excluding hydrogens is 284 g/mol. The van der Waals surface area contributed by atoms with Gasteiger partial charge in [0.2, 0.25) is 0 Å². The van der Waals surface area contributed by atoms with Crippen LogP contribution in [0, 0.1) is 5.92 Å². The summed E-state index contributed by atoms with van der Waals surface area (Å²) in [6.45, 7) is 4.72. The van der Waals surface area contributed by atoms with Gasteiger partial charge in [0.15, 0.2) is 12.1 Å². The topological polar surface area (TPSA) is 137 Å². The Kier molecular flexibility index (Phi) is 9.88. The minimum Gasteiger partial charge on any atom is -0.394 e. The van der Waals surface area contributed by atoms with E-state index in [1.807, 2.05) is 13.8 Å². The van der Waals surface area contributed by atoms with Gasteiger partial charge in [0.1, 0.15) is 24.4 Å². The molecule has 5 unspecified atom stereocenters. The lowest BCUT2D eigenvalue weighted by molar-refractivity contribution is -0.168. The van der Waals surface area contributed by atoms with Crippen LogP contribution in [0.25, 0.3) is 0 Å². The summed E-state index contributed by atoms with van der Waals surface area (Å²) in [5, 5.41) is 46.2. The molecule has 0 saturated carbocycles. The highest BCUT2D eigenvalue weighted by Gasteiger charge is 2.33. The summed E-state index contributed by atoms with van der Waals surface area (Å²) in [5.74, 6) is -0.800. The van der Waals surface area contributed by atoms with Crippen molar-refractivity contribution in [1.29, 1.82) is 0 Å². The molecule has 0 amide bonds. The number of aliphatic hydroxyl groups is 5. The summed E-state index contributed by atoms with van der Waals surface area (Å²) < 4.78 is 10.4. The van der Waals surface area contributed by atoms with E-state index in [1.54, 1.807) is 6.92 Å². The van der Waals surface area contributed by atoms with Gasteiger partial charge in [-0.3, -0.25) is 4.79 Å². The minimum atomic E-state index is -2.02. The lowest BCUT2D eigenvalue weighted by Gasteiger charge is -2.23. The first-order valence-electron chi connectivity index (χ1n) is 6.80. The molecule has 0 aromatic rings. The van der Waals surface area contributed by atoms with E-state index in [1.165, 1.54) is 0 Å². The molecule has 0 saturated heterocycles. The smallest absolute Gasteiger partial charge is 0.194 e. The van der Waals surface area contributed by atoms with E-state index in [4.69, 9.17) is 19.7 Å². The van der Waals surface area contributed by atoms with Crippen LogP contribution in [-0.2, 0) is 14.3 Å². The van der Waals surface area contributed by atoms with Crippen molar-refractivity contribution in [2.75, 3.05) is 19.8 Å². The number of Topliss-reactive ketones (excluding diaryl/α,β-unsaturated/α-hetero) is 1. The predicted octanol–water partition coefficient (Wildman–Crippen LogP) is -1.97. The molecule has 0 fully saturated rings. The SMILES string of the molecule is CC(C)COC(C)OCC(O)C(=O)C(O)C(O)C(O)CO. The molecule has 126 valence electrons. The van der Waals surface area contributed by atoms with Crippen LogP contribution in [0.4, 0.5) is 0 Å². The van der Waals surface area contributed by atoms with Gasteiger partial charge in [0.25, 0.3) is 0 Å².